The normalized spacial score (nSPS) is 27.6. The Morgan fingerprint density at radius 3 is 2.52 bits per heavy atom. The second-order valence-electron chi connectivity index (χ2n) is 8.41. The molecule has 4 nitrogen and oxygen atoms in total. The highest BCUT2D eigenvalue weighted by molar-refractivity contribution is 7.91. The quantitative estimate of drug-likeness (QED) is 0.660. The molecule has 1 saturated carbocycles. The minimum Gasteiger partial charge on any atom is -0.333 e. The van der Waals surface area contributed by atoms with Crippen molar-refractivity contribution in [2.45, 2.75) is 77.8 Å². The molecular weight excluding hydrogens is 378 g/mol. The van der Waals surface area contributed by atoms with Crippen molar-refractivity contribution in [1.29, 1.82) is 0 Å². The van der Waals surface area contributed by atoms with Crippen LogP contribution in [0.25, 0.3) is 0 Å². The Labute approximate surface area is 168 Å². The Morgan fingerprint density at radius 1 is 1.22 bits per heavy atom. The predicted molar refractivity (Wildman–Crippen MR) is 112 cm³/mol. The third-order valence-corrected chi connectivity index (χ3v) is 9.13. The van der Waals surface area contributed by atoms with E-state index in [9.17, 15) is 13.2 Å². The van der Waals surface area contributed by atoms with E-state index in [2.05, 4.69) is 25.3 Å². The van der Waals surface area contributed by atoms with Crippen LogP contribution in [-0.2, 0) is 21.2 Å². The Bertz CT molecular complexity index is 732. The summed E-state index contributed by atoms with van der Waals surface area (Å²) in [4.78, 5) is 16.5. The topological polar surface area (TPSA) is 54.5 Å². The van der Waals surface area contributed by atoms with Crippen LogP contribution in [0, 0.1) is 18.8 Å². The highest BCUT2D eigenvalue weighted by Gasteiger charge is 2.38. The van der Waals surface area contributed by atoms with E-state index in [1.807, 2.05) is 4.90 Å². The molecule has 0 bridgehead atoms. The zero-order valence-electron chi connectivity index (χ0n) is 16.7. The number of carbonyl (C=O) groups excluding carboxylic acids is 1. The van der Waals surface area contributed by atoms with Gasteiger partial charge < -0.3 is 4.90 Å². The fourth-order valence-electron chi connectivity index (χ4n) is 4.55. The van der Waals surface area contributed by atoms with E-state index in [4.69, 9.17) is 0 Å². The van der Waals surface area contributed by atoms with Gasteiger partial charge in [-0.05, 0) is 62.0 Å². The summed E-state index contributed by atoms with van der Waals surface area (Å²) in [5.74, 6) is 1.39. The first kappa shape index (κ1) is 20.8. The molecule has 1 atom stereocenters. The van der Waals surface area contributed by atoms with E-state index in [1.165, 1.54) is 29.7 Å². The van der Waals surface area contributed by atoms with Crippen molar-refractivity contribution in [1.82, 2.24) is 4.90 Å². The molecule has 2 heterocycles. The molecule has 2 fully saturated rings. The minimum atomic E-state index is -3.00. The van der Waals surface area contributed by atoms with Crippen LogP contribution in [-0.4, -0.2) is 36.8 Å². The molecule has 1 saturated heterocycles. The third kappa shape index (κ3) is 5.35. The molecule has 6 heteroatoms. The first-order valence-electron chi connectivity index (χ1n) is 10.4. The number of nitrogens with zero attached hydrogens (tertiary/aromatic N) is 1. The molecule has 152 valence electrons. The number of carbonyl (C=O) groups is 1. The molecule has 3 rings (SSSR count). The number of hydrogen-bond donors (Lipinski definition) is 0. The largest absolute Gasteiger partial charge is 0.333 e. The van der Waals surface area contributed by atoms with Gasteiger partial charge in [0.1, 0.15) is 0 Å². The maximum Gasteiger partial charge on any atom is 0.226 e. The monoisotopic (exact) mass is 411 g/mol. The van der Waals surface area contributed by atoms with Crippen LogP contribution in [0.2, 0.25) is 0 Å². The standard InChI is InChI=1S/C21H33NO3S2/c1-3-4-5-17-6-8-18(9-7-17)21(23)22(14-20-16(2)10-12-26-20)19-11-13-27(24,25)15-19/h10,12,17-19H,3-9,11,13-15H2,1-2H3/t17?,18?,19-/m0/s1. The van der Waals surface area contributed by atoms with Gasteiger partial charge in [0.25, 0.3) is 0 Å². The summed E-state index contributed by atoms with van der Waals surface area (Å²) in [6, 6.07) is 1.93. The molecule has 27 heavy (non-hydrogen) atoms. The smallest absolute Gasteiger partial charge is 0.226 e. The predicted octanol–water partition coefficient (Wildman–Crippen LogP) is 4.57. The SMILES string of the molecule is CCCCC1CCC(C(=O)N(Cc2sccc2C)[C@H]2CCS(=O)(=O)C2)CC1. The molecule has 1 amide bonds. The van der Waals surface area contributed by atoms with Crippen molar-refractivity contribution in [2.24, 2.45) is 11.8 Å². The molecule has 1 aliphatic heterocycles. The summed E-state index contributed by atoms with van der Waals surface area (Å²) in [5.41, 5.74) is 1.20. The fraction of sp³-hybridized carbons (Fsp3) is 0.762. The van der Waals surface area contributed by atoms with Gasteiger partial charge in [-0.15, -0.1) is 11.3 Å². The van der Waals surface area contributed by atoms with E-state index in [0.29, 0.717) is 13.0 Å². The van der Waals surface area contributed by atoms with Crippen LogP contribution < -0.4 is 0 Å². The summed E-state index contributed by atoms with van der Waals surface area (Å²) < 4.78 is 24.0. The van der Waals surface area contributed by atoms with Crippen LogP contribution in [0.5, 0.6) is 0 Å². The summed E-state index contributed by atoms with van der Waals surface area (Å²) in [5, 5.41) is 2.05. The lowest BCUT2D eigenvalue weighted by molar-refractivity contribution is -0.139. The van der Waals surface area contributed by atoms with E-state index in [0.717, 1.165) is 31.6 Å². The van der Waals surface area contributed by atoms with Crippen LogP contribution in [0.4, 0.5) is 0 Å². The van der Waals surface area contributed by atoms with Crippen LogP contribution in [0.15, 0.2) is 11.4 Å². The average Bonchev–Trinajstić information content (AvgIpc) is 3.22. The van der Waals surface area contributed by atoms with Crippen LogP contribution in [0.1, 0.15) is 68.7 Å². The van der Waals surface area contributed by atoms with Gasteiger partial charge in [0.15, 0.2) is 9.84 Å². The van der Waals surface area contributed by atoms with Gasteiger partial charge in [-0.1, -0.05) is 26.2 Å². The Kier molecular flexibility index (Phi) is 7.01. The number of hydrogen-bond acceptors (Lipinski definition) is 4. The zero-order valence-corrected chi connectivity index (χ0v) is 18.3. The minimum absolute atomic E-state index is 0.0754. The number of amides is 1. The van der Waals surface area contributed by atoms with E-state index in [-0.39, 0.29) is 29.4 Å². The number of unbranched alkanes of at least 4 members (excludes halogenated alkanes) is 1. The van der Waals surface area contributed by atoms with Crippen molar-refractivity contribution >= 4 is 27.1 Å². The first-order chi connectivity index (χ1) is 12.9. The van der Waals surface area contributed by atoms with Gasteiger partial charge >= 0.3 is 0 Å². The van der Waals surface area contributed by atoms with Crippen molar-refractivity contribution in [3.8, 4) is 0 Å². The highest BCUT2D eigenvalue weighted by Crippen LogP contribution is 2.35. The van der Waals surface area contributed by atoms with Gasteiger partial charge in [-0.2, -0.15) is 0 Å². The van der Waals surface area contributed by atoms with Crippen molar-refractivity contribution in [2.75, 3.05) is 11.5 Å². The second kappa shape index (κ2) is 9.08. The number of aryl methyl sites for hydroxylation is 1. The zero-order chi connectivity index (χ0) is 19.4. The van der Waals surface area contributed by atoms with Gasteiger partial charge in [0.05, 0.1) is 18.1 Å². The second-order valence-corrected chi connectivity index (χ2v) is 11.6. The summed E-state index contributed by atoms with van der Waals surface area (Å²) >= 11 is 1.67. The molecule has 1 aromatic rings. The lowest BCUT2D eigenvalue weighted by atomic mass is 9.79. The Morgan fingerprint density at radius 2 is 1.96 bits per heavy atom. The van der Waals surface area contributed by atoms with Gasteiger partial charge in [-0.3, -0.25) is 4.79 Å². The maximum atomic E-state index is 13.4. The molecule has 0 radical (unpaired) electrons. The Hall–Kier alpha value is -0.880. The summed E-state index contributed by atoms with van der Waals surface area (Å²) in [7, 11) is -3.00. The lowest BCUT2D eigenvalue weighted by Crippen LogP contribution is -2.44. The fourth-order valence-corrected chi connectivity index (χ4v) is 7.19. The lowest BCUT2D eigenvalue weighted by Gasteiger charge is -2.35. The van der Waals surface area contributed by atoms with Crippen molar-refractivity contribution in [3.05, 3.63) is 21.9 Å². The molecule has 0 unspecified atom stereocenters. The van der Waals surface area contributed by atoms with Gasteiger partial charge in [-0.25, -0.2) is 8.42 Å². The summed E-state index contributed by atoms with van der Waals surface area (Å²) in [6.45, 7) is 4.87. The molecule has 1 aliphatic carbocycles. The van der Waals surface area contributed by atoms with Gasteiger partial charge in [0, 0.05) is 16.8 Å². The third-order valence-electron chi connectivity index (χ3n) is 6.38. The van der Waals surface area contributed by atoms with Crippen molar-refractivity contribution < 1.29 is 13.2 Å². The van der Waals surface area contributed by atoms with E-state index >= 15 is 0 Å². The molecule has 0 N–H and O–H groups in total. The van der Waals surface area contributed by atoms with E-state index < -0.39 is 9.84 Å². The number of rotatable bonds is 7. The average molecular weight is 412 g/mol. The summed E-state index contributed by atoms with van der Waals surface area (Å²) in [6.07, 6.45) is 8.62. The molecule has 1 aromatic heterocycles. The molecular formula is C21H33NO3S2. The number of sulfone groups is 1. The highest BCUT2D eigenvalue weighted by atomic mass is 32.2. The van der Waals surface area contributed by atoms with Crippen LogP contribution in [0.3, 0.4) is 0 Å². The molecule has 2 aliphatic rings. The van der Waals surface area contributed by atoms with E-state index in [1.54, 1.807) is 11.3 Å². The molecule has 0 spiro atoms. The number of thiophene rings is 1. The maximum absolute atomic E-state index is 13.4. The Balaban J connectivity index is 1.69. The van der Waals surface area contributed by atoms with Gasteiger partial charge in [0.2, 0.25) is 5.91 Å². The van der Waals surface area contributed by atoms with Crippen LogP contribution >= 0.6 is 11.3 Å². The first-order valence-corrected chi connectivity index (χ1v) is 13.1. The molecule has 0 aromatic carbocycles. The van der Waals surface area contributed by atoms with Crippen molar-refractivity contribution in [3.63, 3.8) is 0 Å².